The molecule has 14 atom stereocenters. The van der Waals surface area contributed by atoms with Crippen LogP contribution in [0.2, 0.25) is 0 Å². The lowest BCUT2D eigenvalue weighted by molar-refractivity contribution is -0.315. The van der Waals surface area contributed by atoms with E-state index >= 15 is 0 Å². The zero-order valence-corrected chi connectivity index (χ0v) is 26.0. The number of hydrogen-bond acceptors (Lipinski definition) is 6. The van der Waals surface area contributed by atoms with Gasteiger partial charge in [-0.2, -0.15) is 0 Å². The van der Waals surface area contributed by atoms with E-state index < -0.39 is 37.3 Å². The second-order valence-electron chi connectivity index (χ2n) is 14.8. The van der Waals surface area contributed by atoms with E-state index in [2.05, 4.69) is 59.4 Å². The van der Waals surface area contributed by atoms with Crippen molar-refractivity contribution in [3.63, 3.8) is 0 Å². The number of rotatable bonds is 8. The Morgan fingerprint density at radius 2 is 1.76 bits per heavy atom. The molecule has 0 aromatic carbocycles. The van der Waals surface area contributed by atoms with Crippen LogP contribution in [0.4, 0.5) is 0 Å². The van der Waals surface area contributed by atoms with Gasteiger partial charge in [-0.05, 0) is 111 Å². The fraction of sp³-hybridized carbons (Fsp3) is 0.829. The van der Waals surface area contributed by atoms with Crippen molar-refractivity contribution in [2.75, 3.05) is 6.61 Å². The molecule has 6 nitrogen and oxygen atoms in total. The second-order valence-corrected chi connectivity index (χ2v) is 14.8. The normalized spacial score (nSPS) is 47.7. The maximum Gasteiger partial charge on any atom is 0.186 e. The van der Waals surface area contributed by atoms with Gasteiger partial charge in [0.25, 0.3) is 0 Å². The molecule has 0 aromatic heterocycles. The van der Waals surface area contributed by atoms with Crippen LogP contribution in [0.5, 0.6) is 0 Å². The quantitative estimate of drug-likeness (QED) is 0.285. The molecule has 0 bridgehead atoms. The summed E-state index contributed by atoms with van der Waals surface area (Å²) >= 11 is 0. The molecule has 4 aliphatic carbocycles. The smallest absolute Gasteiger partial charge is 0.186 e. The summed E-state index contributed by atoms with van der Waals surface area (Å²) in [4.78, 5) is 0. The third-order valence-electron chi connectivity index (χ3n) is 12.6. The summed E-state index contributed by atoms with van der Waals surface area (Å²) in [5.41, 5.74) is 3.62. The predicted molar refractivity (Wildman–Crippen MR) is 161 cm³/mol. The van der Waals surface area contributed by atoms with Crippen molar-refractivity contribution in [1.82, 2.24) is 0 Å². The maximum absolute atomic E-state index is 10.5. The van der Waals surface area contributed by atoms with Gasteiger partial charge in [-0.3, -0.25) is 0 Å². The average Bonchev–Trinajstić information content (AvgIpc) is 3.30. The lowest BCUT2D eigenvalue weighted by Gasteiger charge is -2.58. The van der Waals surface area contributed by atoms with Crippen molar-refractivity contribution in [2.45, 2.75) is 129 Å². The van der Waals surface area contributed by atoms with Crippen LogP contribution in [0, 0.1) is 46.3 Å². The summed E-state index contributed by atoms with van der Waals surface area (Å²) in [6.45, 7) is 15.7. The Hall–Kier alpha value is -1.02. The molecule has 41 heavy (non-hydrogen) atoms. The topological polar surface area (TPSA) is 99.4 Å². The average molecular weight is 573 g/mol. The minimum absolute atomic E-state index is 0.0760. The van der Waals surface area contributed by atoms with Gasteiger partial charge >= 0.3 is 0 Å². The Kier molecular flexibility index (Phi) is 9.32. The molecule has 5 aliphatic rings. The van der Waals surface area contributed by atoms with Crippen LogP contribution >= 0.6 is 0 Å². The summed E-state index contributed by atoms with van der Waals surface area (Å²) in [5.74, 6) is 3.61. The van der Waals surface area contributed by atoms with Gasteiger partial charge in [0.15, 0.2) is 6.29 Å². The SMILES string of the molecule is C=C(C)[C@H](/C=C/[C@@H](C)[C@H]1CC[C@H]2C3=CC[C@H]4C[C@@H](O[C@@H]5O[C@H](CO)[C@@H](O)[C@H](O)[C@H]5O)CC[C@]4(C)[C@H]3CC[C@]12C)CC. The molecule has 232 valence electrons. The highest BCUT2D eigenvalue weighted by atomic mass is 16.7. The number of fused-ring (bicyclic) bond motifs is 5. The van der Waals surface area contributed by atoms with Crippen molar-refractivity contribution in [3.05, 3.63) is 36.0 Å². The van der Waals surface area contributed by atoms with Gasteiger partial charge in [-0.1, -0.05) is 63.6 Å². The Bertz CT molecular complexity index is 1000. The van der Waals surface area contributed by atoms with Crippen molar-refractivity contribution in [2.24, 2.45) is 46.3 Å². The van der Waals surface area contributed by atoms with Gasteiger partial charge in [-0.25, -0.2) is 0 Å². The highest BCUT2D eigenvalue weighted by Gasteiger charge is 2.58. The largest absolute Gasteiger partial charge is 0.394 e. The van der Waals surface area contributed by atoms with Crippen molar-refractivity contribution in [3.8, 4) is 0 Å². The van der Waals surface area contributed by atoms with Crippen molar-refractivity contribution >= 4 is 0 Å². The lowest BCUT2D eigenvalue weighted by Crippen LogP contribution is -2.60. The van der Waals surface area contributed by atoms with Crippen LogP contribution in [0.25, 0.3) is 0 Å². The molecule has 0 unspecified atom stereocenters. The first-order valence-corrected chi connectivity index (χ1v) is 16.4. The number of allylic oxidation sites excluding steroid dienone is 5. The second kappa shape index (κ2) is 12.2. The zero-order valence-electron chi connectivity index (χ0n) is 26.0. The first-order valence-electron chi connectivity index (χ1n) is 16.4. The predicted octanol–water partition coefficient (Wildman–Crippen LogP) is 5.55. The standard InChI is InChI=1S/C35H56O6/c1-7-22(20(2)3)9-8-21(4)26-12-13-27-25-11-10-23-18-24(14-16-34(23,5)28(25)15-17-35(26,27)6)40-33-32(39)31(38)30(37)29(19-36)41-33/h8-9,11,21-24,26-33,36-39H,2,7,10,12-19H2,1,3-6H3/b9-8+/t21-,22+,23+,24+,26-,27+,28+,29-,30-,31+,32-,33-,34+,35-/m1/s1. The highest BCUT2D eigenvalue weighted by molar-refractivity contribution is 5.28. The highest BCUT2D eigenvalue weighted by Crippen LogP contribution is 2.67. The van der Waals surface area contributed by atoms with E-state index in [1.54, 1.807) is 5.57 Å². The first kappa shape index (κ1) is 31.4. The van der Waals surface area contributed by atoms with E-state index in [1.807, 2.05) is 0 Å². The Morgan fingerprint density at radius 1 is 1.05 bits per heavy atom. The summed E-state index contributed by atoms with van der Waals surface area (Å²) in [6.07, 6.45) is 11.6. The minimum atomic E-state index is -1.40. The van der Waals surface area contributed by atoms with E-state index in [0.29, 0.717) is 35.0 Å². The molecule has 4 N–H and O–H groups in total. The first-order chi connectivity index (χ1) is 19.4. The summed E-state index contributed by atoms with van der Waals surface area (Å²) < 4.78 is 11.9. The molecular weight excluding hydrogens is 516 g/mol. The number of aliphatic hydroxyl groups is 4. The fourth-order valence-electron chi connectivity index (χ4n) is 9.96. The number of aliphatic hydroxyl groups excluding tert-OH is 4. The summed E-state index contributed by atoms with van der Waals surface area (Å²) in [6, 6.07) is 0. The fourth-order valence-corrected chi connectivity index (χ4v) is 9.96. The van der Waals surface area contributed by atoms with Crippen LogP contribution in [0.3, 0.4) is 0 Å². The Morgan fingerprint density at radius 3 is 2.44 bits per heavy atom. The Labute approximate surface area is 247 Å². The molecule has 5 rings (SSSR count). The minimum Gasteiger partial charge on any atom is -0.394 e. The molecular formula is C35H56O6. The molecule has 1 aliphatic heterocycles. The van der Waals surface area contributed by atoms with Crippen LogP contribution in [-0.4, -0.2) is 63.8 Å². The van der Waals surface area contributed by atoms with Crippen molar-refractivity contribution in [1.29, 1.82) is 0 Å². The Balaban J connectivity index is 1.26. The van der Waals surface area contributed by atoms with E-state index in [1.165, 1.54) is 31.3 Å². The molecule has 4 fully saturated rings. The van der Waals surface area contributed by atoms with Crippen LogP contribution < -0.4 is 0 Å². The van der Waals surface area contributed by atoms with E-state index in [4.69, 9.17) is 9.47 Å². The van der Waals surface area contributed by atoms with Crippen LogP contribution in [-0.2, 0) is 9.47 Å². The molecule has 6 heteroatoms. The molecule has 0 radical (unpaired) electrons. The number of hydrogen-bond donors (Lipinski definition) is 4. The zero-order chi connectivity index (χ0) is 29.7. The van der Waals surface area contributed by atoms with Crippen LogP contribution in [0.1, 0.15) is 92.4 Å². The molecule has 1 heterocycles. The van der Waals surface area contributed by atoms with E-state index in [9.17, 15) is 20.4 Å². The molecule has 0 spiro atoms. The van der Waals surface area contributed by atoms with Crippen LogP contribution in [0.15, 0.2) is 36.0 Å². The lowest BCUT2D eigenvalue weighted by atomic mass is 9.47. The van der Waals surface area contributed by atoms with E-state index in [0.717, 1.165) is 38.0 Å². The third-order valence-corrected chi connectivity index (χ3v) is 12.6. The van der Waals surface area contributed by atoms with Gasteiger partial charge in [-0.15, -0.1) is 0 Å². The number of ether oxygens (including phenoxy) is 2. The summed E-state index contributed by atoms with van der Waals surface area (Å²) in [5, 5.41) is 40.4. The van der Waals surface area contributed by atoms with Gasteiger partial charge in [0.1, 0.15) is 24.4 Å². The van der Waals surface area contributed by atoms with Gasteiger partial charge in [0, 0.05) is 0 Å². The third kappa shape index (κ3) is 5.55. The molecule has 1 saturated heterocycles. The molecule has 0 aromatic rings. The monoisotopic (exact) mass is 572 g/mol. The van der Waals surface area contributed by atoms with Crippen molar-refractivity contribution < 1.29 is 29.9 Å². The van der Waals surface area contributed by atoms with Gasteiger partial charge in [0.05, 0.1) is 12.7 Å². The molecule has 3 saturated carbocycles. The molecule has 0 amide bonds. The van der Waals surface area contributed by atoms with E-state index in [-0.39, 0.29) is 11.5 Å². The summed E-state index contributed by atoms with van der Waals surface area (Å²) in [7, 11) is 0. The van der Waals surface area contributed by atoms with Gasteiger partial charge in [0.2, 0.25) is 0 Å². The maximum atomic E-state index is 10.5. The van der Waals surface area contributed by atoms with Gasteiger partial charge < -0.3 is 29.9 Å².